The van der Waals surface area contributed by atoms with E-state index in [1.807, 2.05) is 13.8 Å². The van der Waals surface area contributed by atoms with Gasteiger partial charge in [-0.1, -0.05) is 6.58 Å². The van der Waals surface area contributed by atoms with Crippen LogP contribution in [0.3, 0.4) is 0 Å². The second-order valence-corrected chi connectivity index (χ2v) is 14.2. The van der Waals surface area contributed by atoms with Gasteiger partial charge in [0.1, 0.15) is 21.0 Å². The van der Waals surface area contributed by atoms with Crippen molar-refractivity contribution in [2.45, 2.75) is 51.8 Å². The third kappa shape index (κ3) is 8.08. The number of aliphatic carboxylic acids is 2. The maximum atomic E-state index is 12.4. The van der Waals surface area contributed by atoms with Crippen molar-refractivity contribution in [1.82, 2.24) is 16.0 Å². The molecule has 2 heterocycles. The molecule has 4 unspecified atom stereocenters. The molecule has 32 heavy (non-hydrogen) atoms. The van der Waals surface area contributed by atoms with Gasteiger partial charge in [-0.05, 0) is 39.8 Å². The monoisotopic (exact) mass is 523 g/mol. The Bertz CT molecular complexity index is 751. The Kier molecular flexibility index (Phi) is 10.6. The molecule has 0 aromatic carbocycles. The lowest BCUT2D eigenvalue weighted by molar-refractivity contribution is -0.138. The summed E-state index contributed by atoms with van der Waals surface area (Å²) >= 11 is 4.99. The zero-order valence-electron chi connectivity index (χ0n) is 17.9. The van der Waals surface area contributed by atoms with Gasteiger partial charge < -0.3 is 26.2 Å². The lowest BCUT2D eigenvalue weighted by Gasteiger charge is -2.15. The molecule has 2 amide bonds. The topological polar surface area (TPSA) is 145 Å². The van der Waals surface area contributed by atoms with Gasteiger partial charge in [0.2, 0.25) is 11.8 Å². The molecule has 4 atom stereocenters. The fraction of sp³-hybridized carbons (Fsp3) is 0.684. The Balaban J connectivity index is 1.54. The minimum Gasteiger partial charge on any atom is -0.480 e. The minimum absolute atomic E-state index is 0.242. The van der Waals surface area contributed by atoms with Gasteiger partial charge >= 0.3 is 11.9 Å². The summed E-state index contributed by atoms with van der Waals surface area (Å²) in [6.07, 6.45) is 1.38. The summed E-state index contributed by atoms with van der Waals surface area (Å²) in [7, 11) is 0. The lowest BCUT2D eigenvalue weighted by Crippen LogP contribution is -2.41. The van der Waals surface area contributed by atoms with Crippen molar-refractivity contribution in [2.24, 2.45) is 0 Å². The van der Waals surface area contributed by atoms with E-state index in [9.17, 15) is 29.4 Å². The summed E-state index contributed by atoms with van der Waals surface area (Å²) in [6, 6.07) is 0. The first kappa shape index (κ1) is 27.2. The molecule has 2 fully saturated rings. The SMILES string of the molecule is C=C1SC(C(=O)O)C(C(=O)NCCCNCCCNC(=O)C2SC(C)(C)SC2C(=O)O)S1. The first-order chi connectivity index (χ1) is 15.0. The summed E-state index contributed by atoms with van der Waals surface area (Å²) in [5.74, 6) is -2.51. The van der Waals surface area contributed by atoms with Crippen LogP contribution in [0, 0.1) is 0 Å². The highest BCUT2D eigenvalue weighted by Crippen LogP contribution is 2.52. The first-order valence-corrected chi connectivity index (χ1v) is 13.6. The predicted octanol–water partition coefficient (Wildman–Crippen LogP) is 1.40. The van der Waals surface area contributed by atoms with Crippen LogP contribution in [0.15, 0.2) is 10.8 Å². The molecule has 0 spiro atoms. The van der Waals surface area contributed by atoms with Gasteiger partial charge in [-0.2, -0.15) is 0 Å². The molecule has 13 heteroatoms. The molecule has 2 aliphatic heterocycles. The molecule has 0 aliphatic carbocycles. The van der Waals surface area contributed by atoms with Crippen molar-refractivity contribution in [3.8, 4) is 0 Å². The van der Waals surface area contributed by atoms with Gasteiger partial charge in [0.15, 0.2) is 0 Å². The Hall–Kier alpha value is -1.02. The zero-order chi connectivity index (χ0) is 23.9. The Morgan fingerprint density at radius 2 is 1.28 bits per heavy atom. The molecule has 180 valence electrons. The van der Waals surface area contributed by atoms with Gasteiger partial charge in [-0.15, -0.1) is 47.0 Å². The number of nitrogens with one attached hydrogen (secondary N) is 3. The van der Waals surface area contributed by atoms with Crippen molar-refractivity contribution in [3.05, 3.63) is 10.8 Å². The van der Waals surface area contributed by atoms with E-state index < -0.39 is 32.9 Å². The number of carboxylic acids is 2. The summed E-state index contributed by atoms with van der Waals surface area (Å²) in [5.41, 5.74) is 0. The van der Waals surface area contributed by atoms with E-state index >= 15 is 0 Å². The van der Waals surface area contributed by atoms with E-state index in [1.54, 1.807) is 0 Å². The van der Waals surface area contributed by atoms with E-state index in [1.165, 1.54) is 35.3 Å². The van der Waals surface area contributed by atoms with Crippen molar-refractivity contribution < 1.29 is 29.4 Å². The Labute approximate surface area is 204 Å². The predicted molar refractivity (Wildman–Crippen MR) is 132 cm³/mol. The van der Waals surface area contributed by atoms with Gasteiger partial charge in [0, 0.05) is 17.3 Å². The van der Waals surface area contributed by atoms with Crippen LogP contribution in [0.2, 0.25) is 0 Å². The van der Waals surface area contributed by atoms with Crippen LogP contribution in [-0.2, 0) is 19.2 Å². The number of carbonyl (C=O) groups excluding carboxylic acids is 2. The molecule has 0 radical (unpaired) electrons. The van der Waals surface area contributed by atoms with Crippen molar-refractivity contribution in [1.29, 1.82) is 0 Å². The molecule has 0 aromatic heterocycles. The number of amides is 2. The van der Waals surface area contributed by atoms with Gasteiger partial charge in [-0.3, -0.25) is 19.2 Å². The maximum absolute atomic E-state index is 12.4. The van der Waals surface area contributed by atoms with Crippen molar-refractivity contribution in [3.63, 3.8) is 0 Å². The second kappa shape index (κ2) is 12.4. The van der Waals surface area contributed by atoms with E-state index in [0.717, 1.165) is 11.8 Å². The van der Waals surface area contributed by atoms with Crippen LogP contribution in [0.25, 0.3) is 0 Å². The molecule has 5 N–H and O–H groups in total. The largest absolute Gasteiger partial charge is 0.480 e. The third-order valence-corrected chi connectivity index (χ3v) is 10.6. The highest BCUT2D eigenvalue weighted by Gasteiger charge is 2.48. The smallest absolute Gasteiger partial charge is 0.318 e. The molecule has 0 aromatic rings. The molecule has 0 saturated carbocycles. The molecule has 0 bridgehead atoms. The summed E-state index contributed by atoms with van der Waals surface area (Å²) in [6.45, 7) is 9.80. The standard InChI is InChI=1S/C19H29N3O6S4/c1-10-29-11(13(30-10)17(25)26)15(23)21-8-4-6-20-7-5-9-22-16(24)12-14(18(27)28)32-19(2,3)31-12/h11-14,20H,1,4-9H2,2-3H3,(H,21,23)(H,22,24)(H,25,26)(H,27,28). The molecule has 2 rings (SSSR count). The van der Waals surface area contributed by atoms with E-state index in [0.29, 0.717) is 43.3 Å². The van der Waals surface area contributed by atoms with Crippen molar-refractivity contribution >= 4 is 70.8 Å². The van der Waals surface area contributed by atoms with E-state index in [4.69, 9.17) is 0 Å². The van der Waals surface area contributed by atoms with E-state index in [2.05, 4.69) is 22.5 Å². The Morgan fingerprint density at radius 3 is 1.81 bits per heavy atom. The van der Waals surface area contributed by atoms with Crippen LogP contribution >= 0.6 is 47.0 Å². The number of carbonyl (C=O) groups is 4. The average Bonchev–Trinajstić information content (AvgIpc) is 3.26. The Morgan fingerprint density at radius 1 is 0.812 bits per heavy atom. The maximum Gasteiger partial charge on any atom is 0.318 e. The molecule has 9 nitrogen and oxygen atoms in total. The fourth-order valence-corrected chi connectivity index (χ4v) is 8.82. The normalized spacial score (nSPS) is 26.6. The van der Waals surface area contributed by atoms with Crippen LogP contribution < -0.4 is 16.0 Å². The highest BCUT2D eigenvalue weighted by molar-refractivity contribution is 8.26. The first-order valence-electron chi connectivity index (χ1n) is 10.1. The molecular weight excluding hydrogens is 494 g/mol. The second-order valence-electron chi connectivity index (χ2n) is 7.64. The van der Waals surface area contributed by atoms with Gasteiger partial charge in [0.25, 0.3) is 0 Å². The number of hydrogen-bond acceptors (Lipinski definition) is 9. The fourth-order valence-electron chi connectivity index (χ4n) is 3.12. The number of carboxylic acid groups (broad SMARTS) is 2. The molecule has 2 saturated heterocycles. The van der Waals surface area contributed by atoms with E-state index in [-0.39, 0.29) is 15.9 Å². The van der Waals surface area contributed by atoms with Crippen LogP contribution in [-0.4, -0.2) is 85.2 Å². The zero-order valence-corrected chi connectivity index (χ0v) is 21.2. The number of rotatable bonds is 12. The summed E-state index contributed by atoms with van der Waals surface area (Å²) in [4.78, 5) is 47.2. The average molecular weight is 524 g/mol. The quantitative estimate of drug-likeness (QED) is 0.237. The van der Waals surface area contributed by atoms with Gasteiger partial charge in [-0.25, -0.2) is 0 Å². The molecule has 2 aliphatic rings. The number of thioether (sulfide) groups is 4. The lowest BCUT2D eigenvalue weighted by atomic mass is 10.2. The summed E-state index contributed by atoms with van der Waals surface area (Å²) < 4.78 is 0.332. The number of hydrogen-bond donors (Lipinski definition) is 5. The van der Waals surface area contributed by atoms with Crippen LogP contribution in [0.1, 0.15) is 26.7 Å². The molecular formula is C19H29N3O6S4. The summed E-state index contributed by atoms with van der Waals surface area (Å²) in [5, 5.41) is 24.5. The highest BCUT2D eigenvalue weighted by atomic mass is 32.2. The van der Waals surface area contributed by atoms with Crippen LogP contribution in [0.4, 0.5) is 0 Å². The minimum atomic E-state index is -1.01. The van der Waals surface area contributed by atoms with Crippen molar-refractivity contribution in [2.75, 3.05) is 26.2 Å². The van der Waals surface area contributed by atoms with Gasteiger partial charge in [0.05, 0.1) is 4.08 Å². The van der Waals surface area contributed by atoms with Crippen LogP contribution in [0.5, 0.6) is 0 Å². The third-order valence-electron chi connectivity index (χ3n) is 4.55.